The fourth-order valence-electron chi connectivity index (χ4n) is 1.99. The van der Waals surface area contributed by atoms with Crippen molar-refractivity contribution in [2.45, 2.75) is 23.3 Å². The van der Waals surface area contributed by atoms with Crippen LogP contribution in [0.3, 0.4) is 0 Å². The van der Waals surface area contributed by atoms with Crippen LogP contribution in [0.25, 0.3) is 0 Å². The molecule has 0 atom stereocenters. The Morgan fingerprint density at radius 3 is 2.81 bits per heavy atom. The van der Waals surface area contributed by atoms with Gasteiger partial charge >= 0.3 is 0 Å². The number of hydrogen-bond acceptors (Lipinski definition) is 3. The first-order valence-corrected chi connectivity index (χ1v) is 7.73. The Hall–Kier alpha value is -1.36. The Kier molecular flexibility index (Phi) is 6.23. The predicted octanol–water partition coefficient (Wildman–Crippen LogP) is 4.02. The van der Waals surface area contributed by atoms with Gasteiger partial charge in [-0.2, -0.15) is 0 Å². The molecule has 2 rings (SSSR count). The summed E-state index contributed by atoms with van der Waals surface area (Å²) in [5, 5.41) is 3.26. The van der Waals surface area contributed by atoms with Crippen LogP contribution in [-0.4, -0.2) is 20.3 Å². The Balaban J connectivity index is 2.10. The van der Waals surface area contributed by atoms with Crippen LogP contribution < -0.4 is 5.32 Å². The molecule has 112 valence electrons. The number of halogens is 1. The number of methoxy groups -OCH3 is 1. The fraction of sp³-hybridized carbons (Fsp3) is 0.294. The van der Waals surface area contributed by atoms with Crippen molar-refractivity contribution >= 4 is 11.8 Å². The molecule has 2 aromatic rings. The molecule has 0 heterocycles. The minimum Gasteiger partial charge on any atom is -0.383 e. The van der Waals surface area contributed by atoms with E-state index in [9.17, 15) is 4.39 Å². The van der Waals surface area contributed by atoms with E-state index in [1.54, 1.807) is 24.9 Å². The van der Waals surface area contributed by atoms with Crippen molar-refractivity contribution in [3.8, 4) is 0 Å². The Morgan fingerprint density at radius 2 is 2.05 bits per heavy atom. The van der Waals surface area contributed by atoms with E-state index in [0.717, 1.165) is 17.0 Å². The SMILES string of the molecule is COCCNCc1cc(F)ccc1Sc1cccc(C)c1. The molecular weight excluding hydrogens is 285 g/mol. The fourth-order valence-corrected chi connectivity index (χ4v) is 3.03. The molecule has 0 spiro atoms. The molecule has 4 heteroatoms. The molecule has 0 bridgehead atoms. The molecule has 0 aliphatic rings. The number of hydrogen-bond donors (Lipinski definition) is 1. The monoisotopic (exact) mass is 305 g/mol. The van der Waals surface area contributed by atoms with Crippen LogP contribution in [0.5, 0.6) is 0 Å². The topological polar surface area (TPSA) is 21.3 Å². The lowest BCUT2D eigenvalue weighted by molar-refractivity contribution is 0.199. The normalized spacial score (nSPS) is 10.8. The first kappa shape index (κ1) is 16.0. The van der Waals surface area contributed by atoms with Gasteiger partial charge in [0, 0.05) is 30.0 Å². The lowest BCUT2D eigenvalue weighted by atomic mass is 10.2. The summed E-state index contributed by atoms with van der Waals surface area (Å²) in [4.78, 5) is 2.24. The molecule has 0 saturated carbocycles. The van der Waals surface area contributed by atoms with Gasteiger partial charge < -0.3 is 10.1 Å². The maximum atomic E-state index is 13.5. The highest BCUT2D eigenvalue weighted by molar-refractivity contribution is 7.99. The van der Waals surface area contributed by atoms with Gasteiger partial charge in [-0.15, -0.1) is 0 Å². The number of rotatable bonds is 7. The van der Waals surface area contributed by atoms with Crippen molar-refractivity contribution in [2.75, 3.05) is 20.3 Å². The largest absolute Gasteiger partial charge is 0.383 e. The van der Waals surface area contributed by atoms with E-state index < -0.39 is 0 Å². The summed E-state index contributed by atoms with van der Waals surface area (Å²) in [5.74, 6) is -0.202. The Morgan fingerprint density at radius 1 is 1.19 bits per heavy atom. The molecular formula is C17H20FNOS. The van der Waals surface area contributed by atoms with Crippen molar-refractivity contribution in [1.82, 2.24) is 5.32 Å². The molecule has 0 unspecified atom stereocenters. The van der Waals surface area contributed by atoms with Crippen LogP contribution in [-0.2, 0) is 11.3 Å². The summed E-state index contributed by atoms with van der Waals surface area (Å²) in [6, 6.07) is 13.3. The third-order valence-electron chi connectivity index (χ3n) is 3.04. The number of ether oxygens (including phenoxy) is 1. The van der Waals surface area contributed by atoms with Gasteiger partial charge in [0.15, 0.2) is 0 Å². The van der Waals surface area contributed by atoms with Gasteiger partial charge in [-0.25, -0.2) is 4.39 Å². The molecule has 2 nitrogen and oxygen atoms in total. The van der Waals surface area contributed by atoms with Crippen LogP contribution >= 0.6 is 11.8 Å². The van der Waals surface area contributed by atoms with Crippen LogP contribution in [0.1, 0.15) is 11.1 Å². The molecule has 0 amide bonds. The molecule has 0 radical (unpaired) electrons. The summed E-state index contributed by atoms with van der Waals surface area (Å²) in [6.07, 6.45) is 0. The summed E-state index contributed by atoms with van der Waals surface area (Å²) < 4.78 is 18.5. The lowest BCUT2D eigenvalue weighted by Gasteiger charge is -2.11. The summed E-state index contributed by atoms with van der Waals surface area (Å²) in [5.41, 5.74) is 2.19. The van der Waals surface area contributed by atoms with Gasteiger partial charge in [0.1, 0.15) is 5.82 Å². The van der Waals surface area contributed by atoms with Crippen molar-refractivity contribution in [2.24, 2.45) is 0 Å². The van der Waals surface area contributed by atoms with Gasteiger partial charge in [-0.3, -0.25) is 0 Å². The van der Waals surface area contributed by atoms with Crippen molar-refractivity contribution < 1.29 is 9.13 Å². The maximum absolute atomic E-state index is 13.5. The average molecular weight is 305 g/mol. The van der Waals surface area contributed by atoms with Crippen molar-refractivity contribution in [3.05, 3.63) is 59.4 Å². The molecule has 0 aromatic heterocycles. The van der Waals surface area contributed by atoms with E-state index >= 15 is 0 Å². The van der Waals surface area contributed by atoms with Crippen LogP contribution in [0.4, 0.5) is 4.39 Å². The molecule has 2 aromatic carbocycles. The standard InChI is InChI=1S/C17H20FNOS/c1-13-4-3-5-16(10-13)21-17-7-6-15(18)11-14(17)12-19-8-9-20-2/h3-7,10-11,19H,8-9,12H2,1-2H3. The zero-order chi connectivity index (χ0) is 15.1. The minimum absolute atomic E-state index is 0.202. The molecule has 0 fully saturated rings. The quantitative estimate of drug-likeness (QED) is 0.781. The Labute approximate surface area is 129 Å². The highest BCUT2D eigenvalue weighted by Crippen LogP contribution is 2.31. The number of nitrogens with one attached hydrogen (secondary N) is 1. The van der Waals surface area contributed by atoms with E-state index in [2.05, 4.69) is 30.4 Å². The average Bonchev–Trinajstić information content (AvgIpc) is 2.46. The first-order chi connectivity index (χ1) is 10.2. The van der Waals surface area contributed by atoms with Crippen molar-refractivity contribution in [3.63, 3.8) is 0 Å². The van der Waals surface area contributed by atoms with Crippen LogP contribution in [0.2, 0.25) is 0 Å². The van der Waals surface area contributed by atoms with E-state index in [1.165, 1.54) is 16.5 Å². The summed E-state index contributed by atoms with van der Waals surface area (Å²) >= 11 is 1.66. The highest BCUT2D eigenvalue weighted by atomic mass is 32.2. The second-order valence-electron chi connectivity index (χ2n) is 4.84. The zero-order valence-electron chi connectivity index (χ0n) is 12.4. The predicted molar refractivity (Wildman–Crippen MR) is 85.3 cm³/mol. The van der Waals surface area contributed by atoms with E-state index in [0.29, 0.717) is 13.2 Å². The Bertz CT molecular complexity index is 589. The van der Waals surface area contributed by atoms with Gasteiger partial charge in [0.2, 0.25) is 0 Å². The number of benzene rings is 2. The highest BCUT2D eigenvalue weighted by Gasteiger charge is 2.06. The first-order valence-electron chi connectivity index (χ1n) is 6.91. The van der Waals surface area contributed by atoms with Crippen LogP contribution in [0, 0.1) is 12.7 Å². The lowest BCUT2D eigenvalue weighted by Crippen LogP contribution is -2.19. The van der Waals surface area contributed by atoms with Crippen LogP contribution in [0.15, 0.2) is 52.3 Å². The van der Waals surface area contributed by atoms with Gasteiger partial charge in [0.25, 0.3) is 0 Å². The smallest absolute Gasteiger partial charge is 0.123 e. The van der Waals surface area contributed by atoms with Gasteiger partial charge in [-0.05, 0) is 42.8 Å². The van der Waals surface area contributed by atoms with Gasteiger partial charge in [-0.1, -0.05) is 29.5 Å². The molecule has 0 saturated heterocycles. The molecule has 21 heavy (non-hydrogen) atoms. The molecule has 0 aliphatic carbocycles. The summed E-state index contributed by atoms with van der Waals surface area (Å²) in [6.45, 7) is 4.11. The maximum Gasteiger partial charge on any atom is 0.123 e. The number of aryl methyl sites for hydroxylation is 1. The van der Waals surface area contributed by atoms with E-state index in [4.69, 9.17) is 4.74 Å². The third kappa shape index (κ3) is 5.16. The second kappa shape index (κ2) is 8.17. The minimum atomic E-state index is -0.202. The van der Waals surface area contributed by atoms with E-state index in [-0.39, 0.29) is 5.82 Å². The summed E-state index contributed by atoms with van der Waals surface area (Å²) in [7, 11) is 1.67. The second-order valence-corrected chi connectivity index (χ2v) is 5.96. The van der Waals surface area contributed by atoms with E-state index in [1.807, 2.05) is 12.1 Å². The molecule has 0 aliphatic heterocycles. The third-order valence-corrected chi connectivity index (χ3v) is 4.15. The van der Waals surface area contributed by atoms with Gasteiger partial charge in [0.05, 0.1) is 6.61 Å². The zero-order valence-corrected chi connectivity index (χ0v) is 13.2. The molecule has 1 N–H and O–H groups in total. The van der Waals surface area contributed by atoms with Crippen molar-refractivity contribution in [1.29, 1.82) is 0 Å².